The lowest BCUT2D eigenvalue weighted by Gasteiger charge is -2.24. The van der Waals surface area contributed by atoms with Crippen LogP contribution in [-0.2, 0) is 19.5 Å². The van der Waals surface area contributed by atoms with E-state index in [4.69, 9.17) is 14.2 Å². The summed E-state index contributed by atoms with van der Waals surface area (Å²) in [6, 6.07) is 7.31. The smallest absolute Gasteiger partial charge is 0.212 e. The van der Waals surface area contributed by atoms with Gasteiger partial charge >= 0.3 is 0 Å². The van der Waals surface area contributed by atoms with E-state index in [9.17, 15) is 8.42 Å². The van der Waals surface area contributed by atoms with Crippen LogP contribution in [0.4, 0.5) is 0 Å². The molecule has 0 radical (unpaired) electrons. The molecule has 0 amide bonds. The maximum absolute atomic E-state index is 12.4. The van der Waals surface area contributed by atoms with Crippen molar-refractivity contribution in [3.05, 3.63) is 29.8 Å². The van der Waals surface area contributed by atoms with Crippen LogP contribution in [0.3, 0.4) is 0 Å². The van der Waals surface area contributed by atoms with E-state index >= 15 is 0 Å². The van der Waals surface area contributed by atoms with Crippen LogP contribution in [0.1, 0.15) is 58.6 Å². The molecule has 1 aromatic rings. The van der Waals surface area contributed by atoms with Gasteiger partial charge < -0.3 is 14.2 Å². The van der Waals surface area contributed by atoms with Crippen molar-refractivity contribution in [2.75, 3.05) is 32.2 Å². The maximum Gasteiger partial charge on any atom is 0.212 e. The van der Waals surface area contributed by atoms with E-state index in [-0.39, 0.29) is 23.3 Å². The third-order valence-corrected chi connectivity index (χ3v) is 5.96. The fourth-order valence-corrected chi connectivity index (χ4v) is 4.26. The van der Waals surface area contributed by atoms with Gasteiger partial charge in [-0.15, -0.1) is 0 Å². The maximum atomic E-state index is 12.4. The summed E-state index contributed by atoms with van der Waals surface area (Å²) in [6.45, 7) is 10.6. The van der Waals surface area contributed by atoms with E-state index in [0.29, 0.717) is 19.6 Å². The van der Waals surface area contributed by atoms with Crippen LogP contribution in [0.5, 0.6) is 5.75 Å². The average molecular weight is 414 g/mol. The lowest BCUT2D eigenvalue weighted by atomic mass is 9.99. The first-order valence-corrected chi connectivity index (χ1v) is 11.7. The minimum absolute atomic E-state index is 0.0553. The molecular weight excluding hydrogens is 378 g/mol. The molecule has 0 spiro atoms. The Kier molecular flexibility index (Phi) is 8.74. The fourth-order valence-electron chi connectivity index (χ4n) is 2.97. The molecular formula is C21H35NO5S. The highest BCUT2D eigenvalue weighted by Gasteiger charge is 2.18. The summed E-state index contributed by atoms with van der Waals surface area (Å²) < 4.78 is 44.4. The van der Waals surface area contributed by atoms with Gasteiger partial charge in [0.1, 0.15) is 11.9 Å². The molecule has 2 rings (SSSR count). The molecule has 1 fully saturated rings. The summed E-state index contributed by atoms with van der Waals surface area (Å²) in [5, 5.41) is 0. The zero-order valence-electron chi connectivity index (χ0n) is 17.6. The summed E-state index contributed by atoms with van der Waals surface area (Å²) in [7, 11) is -3.37. The van der Waals surface area contributed by atoms with Gasteiger partial charge in [0.15, 0.2) is 0 Å². The first-order valence-electron chi connectivity index (χ1n) is 10.1. The third kappa shape index (κ3) is 8.90. The highest BCUT2D eigenvalue weighted by molar-refractivity contribution is 7.89. The van der Waals surface area contributed by atoms with Gasteiger partial charge in [-0.05, 0) is 36.5 Å². The fraction of sp³-hybridized carbons (Fsp3) is 0.714. The Morgan fingerprint density at radius 3 is 2.64 bits per heavy atom. The van der Waals surface area contributed by atoms with Crippen molar-refractivity contribution in [1.82, 2.24) is 4.72 Å². The molecule has 0 saturated carbocycles. The van der Waals surface area contributed by atoms with Crippen LogP contribution in [-0.4, -0.2) is 46.7 Å². The molecule has 0 bridgehead atoms. The SMILES string of the molecule is C[C@@H](NS(=O)(=O)CCCOCC(C)(C)C)c1cccc(OC2CCOCC2)c1. The molecule has 160 valence electrons. The Morgan fingerprint density at radius 1 is 1.25 bits per heavy atom. The van der Waals surface area contributed by atoms with Crippen LogP contribution in [0, 0.1) is 5.41 Å². The Labute approximate surface area is 170 Å². The molecule has 1 N–H and O–H groups in total. The summed E-state index contributed by atoms with van der Waals surface area (Å²) in [5.74, 6) is 0.825. The molecule has 1 atom stereocenters. The molecule has 1 aromatic carbocycles. The van der Waals surface area contributed by atoms with Gasteiger partial charge in [0.05, 0.1) is 25.6 Å². The van der Waals surface area contributed by atoms with E-state index in [1.165, 1.54) is 0 Å². The van der Waals surface area contributed by atoms with Crippen LogP contribution >= 0.6 is 0 Å². The molecule has 1 aliphatic rings. The van der Waals surface area contributed by atoms with Crippen LogP contribution in [0.15, 0.2) is 24.3 Å². The van der Waals surface area contributed by atoms with E-state index in [2.05, 4.69) is 25.5 Å². The van der Waals surface area contributed by atoms with Crippen molar-refractivity contribution in [3.63, 3.8) is 0 Å². The first-order chi connectivity index (χ1) is 13.1. The standard InChI is InChI=1S/C21H35NO5S/c1-17(22-28(23,24)14-6-11-26-16-21(2,3)4)18-7-5-8-20(15-18)27-19-9-12-25-13-10-19/h5,7-8,15,17,19,22H,6,9-14,16H2,1-4H3/t17-/m1/s1. The molecule has 1 heterocycles. The quantitative estimate of drug-likeness (QED) is 0.592. The van der Waals surface area contributed by atoms with E-state index < -0.39 is 10.0 Å². The van der Waals surface area contributed by atoms with Crippen molar-refractivity contribution in [2.24, 2.45) is 5.41 Å². The van der Waals surface area contributed by atoms with Crippen LogP contribution in [0.2, 0.25) is 0 Å². The Bertz CT molecular complexity index is 693. The highest BCUT2D eigenvalue weighted by Crippen LogP contribution is 2.23. The second kappa shape index (κ2) is 10.6. The Balaban J connectivity index is 1.82. The van der Waals surface area contributed by atoms with Crippen molar-refractivity contribution in [3.8, 4) is 5.75 Å². The Morgan fingerprint density at radius 2 is 1.96 bits per heavy atom. The van der Waals surface area contributed by atoms with Crippen molar-refractivity contribution < 1.29 is 22.6 Å². The lowest BCUT2D eigenvalue weighted by molar-refractivity contribution is 0.0255. The normalized spacial score (nSPS) is 17.4. The zero-order chi connectivity index (χ0) is 20.6. The monoisotopic (exact) mass is 413 g/mol. The Hall–Kier alpha value is -1.15. The summed E-state index contributed by atoms with van der Waals surface area (Å²) >= 11 is 0. The zero-order valence-corrected chi connectivity index (χ0v) is 18.4. The van der Waals surface area contributed by atoms with E-state index in [0.717, 1.165) is 37.4 Å². The summed E-state index contributed by atoms with van der Waals surface area (Å²) in [4.78, 5) is 0. The number of rotatable bonds is 10. The second-order valence-corrected chi connectivity index (χ2v) is 10.5. The molecule has 1 saturated heterocycles. The van der Waals surface area contributed by atoms with Crippen LogP contribution in [0.25, 0.3) is 0 Å². The minimum Gasteiger partial charge on any atom is -0.490 e. The molecule has 28 heavy (non-hydrogen) atoms. The van der Waals surface area contributed by atoms with Crippen molar-refractivity contribution >= 4 is 10.0 Å². The first kappa shape index (κ1) is 23.1. The van der Waals surface area contributed by atoms with Crippen molar-refractivity contribution in [1.29, 1.82) is 0 Å². The lowest BCUT2D eigenvalue weighted by Crippen LogP contribution is -2.30. The largest absolute Gasteiger partial charge is 0.490 e. The van der Waals surface area contributed by atoms with Gasteiger partial charge in [-0.2, -0.15) is 0 Å². The molecule has 0 aromatic heterocycles. The highest BCUT2D eigenvalue weighted by atomic mass is 32.2. The minimum atomic E-state index is -3.37. The summed E-state index contributed by atoms with van der Waals surface area (Å²) in [6.07, 6.45) is 2.39. The van der Waals surface area contributed by atoms with Gasteiger partial charge in [0.2, 0.25) is 10.0 Å². The van der Waals surface area contributed by atoms with Gasteiger partial charge in [-0.3, -0.25) is 0 Å². The molecule has 6 nitrogen and oxygen atoms in total. The average Bonchev–Trinajstić information content (AvgIpc) is 2.61. The van der Waals surface area contributed by atoms with Gasteiger partial charge in [0, 0.05) is 25.5 Å². The van der Waals surface area contributed by atoms with Gasteiger partial charge in [-0.1, -0.05) is 32.9 Å². The predicted molar refractivity (Wildman–Crippen MR) is 111 cm³/mol. The predicted octanol–water partition coefficient (Wildman–Crippen LogP) is 3.68. The second-order valence-electron chi connectivity index (χ2n) is 8.63. The van der Waals surface area contributed by atoms with Gasteiger partial charge in [0.25, 0.3) is 0 Å². The van der Waals surface area contributed by atoms with E-state index in [1.807, 2.05) is 31.2 Å². The topological polar surface area (TPSA) is 73.9 Å². The third-order valence-electron chi connectivity index (χ3n) is 4.42. The van der Waals surface area contributed by atoms with Crippen molar-refractivity contribution in [2.45, 2.75) is 59.1 Å². The molecule has 7 heteroatoms. The number of ether oxygens (including phenoxy) is 3. The number of benzene rings is 1. The summed E-state index contributed by atoms with van der Waals surface area (Å²) in [5.41, 5.74) is 0.973. The molecule has 0 aliphatic carbocycles. The number of hydrogen-bond acceptors (Lipinski definition) is 5. The number of hydrogen-bond donors (Lipinski definition) is 1. The van der Waals surface area contributed by atoms with Gasteiger partial charge in [-0.25, -0.2) is 13.1 Å². The van der Waals surface area contributed by atoms with E-state index in [1.54, 1.807) is 0 Å². The number of sulfonamides is 1. The molecule has 1 aliphatic heterocycles. The molecule has 0 unspecified atom stereocenters. The van der Waals surface area contributed by atoms with Crippen LogP contribution < -0.4 is 9.46 Å². The number of nitrogens with one attached hydrogen (secondary N) is 1.